The zero-order valence-electron chi connectivity index (χ0n) is 12.1. The fourth-order valence-electron chi connectivity index (χ4n) is 2.34. The van der Waals surface area contributed by atoms with Crippen molar-refractivity contribution >= 4 is 11.8 Å². The van der Waals surface area contributed by atoms with Crippen LogP contribution in [-0.4, -0.2) is 50.1 Å². The molecule has 1 rings (SSSR count). The van der Waals surface area contributed by atoms with Crippen LogP contribution in [0.3, 0.4) is 0 Å². The number of hydrogen-bond acceptors (Lipinski definition) is 3. The number of likely N-dealkylation sites (tertiary alicyclic amines) is 1. The van der Waals surface area contributed by atoms with E-state index in [0.717, 1.165) is 38.8 Å². The molecule has 1 heterocycles. The van der Waals surface area contributed by atoms with Crippen LogP contribution in [0.1, 0.15) is 39.0 Å². The Morgan fingerprint density at radius 2 is 2.00 bits per heavy atom. The van der Waals surface area contributed by atoms with Crippen molar-refractivity contribution in [3.63, 3.8) is 0 Å². The first kappa shape index (κ1) is 16.0. The van der Waals surface area contributed by atoms with Gasteiger partial charge in [-0.15, -0.1) is 0 Å². The van der Waals surface area contributed by atoms with Gasteiger partial charge < -0.3 is 15.0 Å². The highest BCUT2D eigenvalue weighted by atomic mass is 16.5. The van der Waals surface area contributed by atoms with Crippen molar-refractivity contribution in [1.29, 1.82) is 0 Å². The zero-order valence-corrected chi connectivity index (χ0v) is 12.1. The molecule has 0 aliphatic carbocycles. The zero-order chi connectivity index (χ0) is 14.1. The first-order chi connectivity index (χ1) is 9.19. The van der Waals surface area contributed by atoms with Gasteiger partial charge in [0.25, 0.3) is 0 Å². The predicted molar refractivity (Wildman–Crippen MR) is 73.7 cm³/mol. The van der Waals surface area contributed by atoms with Crippen LogP contribution in [0.15, 0.2) is 0 Å². The number of nitrogens with zero attached hydrogens (tertiary/aromatic N) is 1. The Bertz CT molecular complexity index is 286. The molecule has 0 radical (unpaired) electrons. The summed E-state index contributed by atoms with van der Waals surface area (Å²) in [4.78, 5) is 25.5. The normalized spacial score (nSPS) is 16.4. The summed E-state index contributed by atoms with van der Waals surface area (Å²) >= 11 is 0. The van der Waals surface area contributed by atoms with Crippen molar-refractivity contribution < 1.29 is 14.3 Å². The van der Waals surface area contributed by atoms with E-state index in [1.54, 1.807) is 7.11 Å². The summed E-state index contributed by atoms with van der Waals surface area (Å²) in [6, 6.07) is 0. The van der Waals surface area contributed by atoms with Crippen molar-refractivity contribution in [2.45, 2.75) is 39.0 Å². The minimum atomic E-state index is 0.0632. The second kappa shape index (κ2) is 8.91. The molecule has 5 heteroatoms. The van der Waals surface area contributed by atoms with Crippen LogP contribution < -0.4 is 5.32 Å². The van der Waals surface area contributed by atoms with E-state index < -0.39 is 0 Å². The largest absolute Gasteiger partial charge is 0.385 e. The van der Waals surface area contributed by atoms with E-state index in [2.05, 4.69) is 5.32 Å². The molecule has 0 aromatic heterocycles. The molecule has 1 N–H and O–H groups in total. The number of amides is 2. The molecule has 0 spiro atoms. The highest BCUT2D eigenvalue weighted by molar-refractivity contribution is 5.80. The van der Waals surface area contributed by atoms with Crippen molar-refractivity contribution in [3.05, 3.63) is 0 Å². The van der Waals surface area contributed by atoms with Crippen LogP contribution in [0.25, 0.3) is 0 Å². The highest BCUT2D eigenvalue weighted by Crippen LogP contribution is 2.18. The molecule has 1 saturated heterocycles. The molecule has 0 aromatic rings. The second-order valence-corrected chi connectivity index (χ2v) is 5.04. The van der Waals surface area contributed by atoms with Gasteiger partial charge in [-0.2, -0.15) is 0 Å². The first-order valence-corrected chi connectivity index (χ1v) is 7.23. The topological polar surface area (TPSA) is 58.6 Å². The standard InChI is InChI=1S/C14H26N2O3/c1-3-5-13(17)16-9-6-12(7-10-16)14(18)15-8-4-11-19-2/h12H,3-11H2,1-2H3,(H,15,18). The third-order valence-electron chi connectivity index (χ3n) is 3.51. The Hall–Kier alpha value is -1.10. The highest BCUT2D eigenvalue weighted by Gasteiger charge is 2.26. The molecule has 0 aromatic carbocycles. The summed E-state index contributed by atoms with van der Waals surface area (Å²) in [5.41, 5.74) is 0. The molecule has 5 nitrogen and oxygen atoms in total. The maximum atomic E-state index is 11.9. The Balaban J connectivity index is 2.21. The van der Waals surface area contributed by atoms with Crippen molar-refractivity contribution in [2.75, 3.05) is 33.4 Å². The molecular formula is C14H26N2O3. The number of piperidine rings is 1. The molecule has 19 heavy (non-hydrogen) atoms. The van der Waals surface area contributed by atoms with Gasteiger partial charge >= 0.3 is 0 Å². The molecule has 0 unspecified atom stereocenters. The van der Waals surface area contributed by atoms with Crippen LogP contribution in [0, 0.1) is 5.92 Å². The SMILES string of the molecule is CCCC(=O)N1CCC(C(=O)NCCCOC)CC1. The monoisotopic (exact) mass is 270 g/mol. The van der Waals surface area contributed by atoms with Crippen LogP contribution >= 0.6 is 0 Å². The van der Waals surface area contributed by atoms with Gasteiger partial charge in [0.1, 0.15) is 0 Å². The van der Waals surface area contributed by atoms with E-state index in [0.29, 0.717) is 19.6 Å². The average molecular weight is 270 g/mol. The lowest BCUT2D eigenvalue weighted by molar-refractivity contribution is -0.135. The third-order valence-corrected chi connectivity index (χ3v) is 3.51. The number of carbonyl (C=O) groups excluding carboxylic acids is 2. The van der Waals surface area contributed by atoms with E-state index in [1.165, 1.54) is 0 Å². The van der Waals surface area contributed by atoms with E-state index in [9.17, 15) is 9.59 Å². The third kappa shape index (κ3) is 5.59. The Morgan fingerprint density at radius 3 is 2.58 bits per heavy atom. The van der Waals surface area contributed by atoms with Gasteiger partial charge in [-0.1, -0.05) is 6.92 Å². The van der Waals surface area contributed by atoms with E-state index in [1.807, 2.05) is 11.8 Å². The number of nitrogens with one attached hydrogen (secondary N) is 1. The van der Waals surface area contributed by atoms with Crippen molar-refractivity contribution in [2.24, 2.45) is 5.92 Å². The van der Waals surface area contributed by atoms with Gasteiger partial charge in [0.15, 0.2) is 0 Å². The summed E-state index contributed by atoms with van der Waals surface area (Å²) in [6.45, 7) is 4.79. The summed E-state index contributed by atoms with van der Waals surface area (Å²) in [5, 5.41) is 2.93. The minimum Gasteiger partial charge on any atom is -0.385 e. The lowest BCUT2D eigenvalue weighted by atomic mass is 9.95. The van der Waals surface area contributed by atoms with E-state index >= 15 is 0 Å². The fourth-order valence-corrected chi connectivity index (χ4v) is 2.34. The summed E-state index contributed by atoms with van der Waals surface area (Å²) in [5.74, 6) is 0.411. The van der Waals surface area contributed by atoms with Gasteiger partial charge in [-0.05, 0) is 25.7 Å². The molecule has 1 fully saturated rings. The van der Waals surface area contributed by atoms with Crippen LogP contribution in [0.4, 0.5) is 0 Å². The Labute approximate surface area is 115 Å². The second-order valence-electron chi connectivity index (χ2n) is 5.04. The van der Waals surface area contributed by atoms with E-state index in [-0.39, 0.29) is 17.7 Å². The quantitative estimate of drug-likeness (QED) is 0.707. The molecule has 0 saturated carbocycles. The van der Waals surface area contributed by atoms with Gasteiger partial charge in [0.2, 0.25) is 11.8 Å². The smallest absolute Gasteiger partial charge is 0.223 e. The first-order valence-electron chi connectivity index (χ1n) is 7.23. The molecule has 0 atom stereocenters. The van der Waals surface area contributed by atoms with Crippen LogP contribution in [0.2, 0.25) is 0 Å². The van der Waals surface area contributed by atoms with Crippen molar-refractivity contribution in [3.8, 4) is 0 Å². The molecule has 2 amide bonds. The molecular weight excluding hydrogens is 244 g/mol. The molecule has 1 aliphatic heterocycles. The molecule has 0 bridgehead atoms. The van der Waals surface area contributed by atoms with Crippen molar-refractivity contribution in [1.82, 2.24) is 10.2 Å². The summed E-state index contributed by atoms with van der Waals surface area (Å²) in [7, 11) is 1.66. The Morgan fingerprint density at radius 1 is 1.32 bits per heavy atom. The van der Waals surface area contributed by atoms with Crippen LogP contribution in [-0.2, 0) is 14.3 Å². The average Bonchev–Trinajstić information content (AvgIpc) is 2.44. The van der Waals surface area contributed by atoms with Gasteiger partial charge in [-0.3, -0.25) is 9.59 Å². The van der Waals surface area contributed by atoms with Gasteiger partial charge in [-0.25, -0.2) is 0 Å². The summed E-state index contributed by atoms with van der Waals surface area (Å²) < 4.78 is 4.94. The molecule has 110 valence electrons. The maximum Gasteiger partial charge on any atom is 0.223 e. The number of carbonyl (C=O) groups is 2. The summed E-state index contributed by atoms with van der Waals surface area (Å²) in [6.07, 6.45) is 3.92. The van der Waals surface area contributed by atoms with Crippen LogP contribution in [0.5, 0.6) is 0 Å². The Kier molecular flexibility index (Phi) is 7.48. The minimum absolute atomic E-state index is 0.0632. The van der Waals surface area contributed by atoms with Gasteiger partial charge in [0.05, 0.1) is 0 Å². The van der Waals surface area contributed by atoms with E-state index in [4.69, 9.17) is 4.74 Å². The molecule has 1 aliphatic rings. The van der Waals surface area contributed by atoms with Gasteiger partial charge in [0, 0.05) is 45.7 Å². The number of rotatable bonds is 7. The fraction of sp³-hybridized carbons (Fsp3) is 0.857. The lowest BCUT2D eigenvalue weighted by Crippen LogP contribution is -2.43. The lowest BCUT2D eigenvalue weighted by Gasteiger charge is -2.31. The number of ether oxygens (including phenoxy) is 1. The maximum absolute atomic E-state index is 11.9. The predicted octanol–water partition coefficient (Wildman–Crippen LogP) is 1.18. The number of hydrogen-bond donors (Lipinski definition) is 1. The number of methoxy groups -OCH3 is 1.